The van der Waals surface area contributed by atoms with Crippen molar-refractivity contribution in [1.29, 1.82) is 0 Å². The van der Waals surface area contributed by atoms with Crippen LogP contribution in [0.3, 0.4) is 0 Å². The lowest BCUT2D eigenvalue weighted by Crippen LogP contribution is -2.45. The van der Waals surface area contributed by atoms with Gasteiger partial charge in [-0.3, -0.25) is 13.8 Å². The molecule has 3 N–H and O–H groups in total. The summed E-state index contributed by atoms with van der Waals surface area (Å²) in [5, 5.41) is 14.0. The minimum absolute atomic E-state index is 0.0579. The highest BCUT2D eigenvalue weighted by atomic mass is 31.2. The summed E-state index contributed by atoms with van der Waals surface area (Å²) in [7, 11) is 1.57. The smallest absolute Gasteiger partial charge is 0.387 e. The molecule has 0 saturated heterocycles. The van der Waals surface area contributed by atoms with E-state index in [1.54, 1.807) is 6.08 Å². The first-order valence-corrected chi connectivity index (χ1v) is 33.5. The molecule has 74 heavy (non-hydrogen) atoms. The average Bonchev–Trinajstić information content (AvgIpc) is 3.36. The number of hydrogen-bond acceptors (Lipinski definition) is 5. The molecule has 0 aliphatic heterocycles. The number of unbranched alkanes of at least 4 members (excludes halogenated alkanes) is 40. The molecule has 0 aromatic rings. The molecule has 0 radical (unpaired) electrons. The summed E-state index contributed by atoms with van der Waals surface area (Å²) in [5.74, 6) is -0.186. The van der Waals surface area contributed by atoms with Crippen LogP contribution in [0.15, 0.2) is 48.6 Å². The summed E-state index contributed by atoms with van der Waals surface area (Å²) in [5.41, 5.74) is 0. The second kappa shape index (κ2) is 56.2. The van der Waals surface area contributed by atoms with E-state index in [-0.39, 0.29) is 19.1 Å². The van der Waals surface area contributed by atoms with E-state index in [1.807, 2.05) is 27.2 Å². The van der Waals surface area contributed by atoms with Crippen LogP contribution in [-0.4, -0.2) is 73.4 Å². The van der Waals surface area contributed by atoms with Gasteiger partial charge in [0.15, 0.2) is 0 Å². The third kappa shape index (κ3) is 58.1. The molecule has 0 aliphatic carbocycles. The Kier molecular flexibility index (Phi) is 55.0. The van der Waals surface area contributed by atoms with E-state index >= 15 is 0 Å². The molecule has 3 atom stereocenters. The Labute approximate surface area is 460 Å². The Hall–Kier alpha value is -1.54. The number of phosphoric ester groups is 1. The molecule has 0 fully saturated rings. The minimum Gasteiger partial charge on any atom is -0.387 e. The summed E-state index contributed by atoms with van der Waals surface area (Å²) >= 11 is 0. The number of rotatable bonds is 59. The zero-order valence-corrected chi connectivity index (χ0v) is 50.7. The van der Waals surface area contributed by atoms with Gasteiger partial charge in [0.2, 0.25) is 5.91 Å². The normalized spacial score (nSPS) is 14.1. The van der Waals surface area contributed by atoms with E-state index in [2.05, 4.69) is 55.6 Å². The summed E-state index contributed by atoms with van der Waals surface area (Å²) in [6.07, 6.45) is 75.2. The van der Waals surface area contributed by atoms with Gasteiger partial charge in [0.25, 0.3) is 0 Å². The molecule has 0 aromatic heterocycles. The SMILES string of the molecule is CCCCCCC/C=C\C/C=C\C/C=C\CCCCCCCCC(=O)NC(COP(=O)(O)OCC[N+](C)(C)C)C(O)/C=C/CCCCCCCCCCCCCCCCCCCCCCCCCCCCCCC. The zero-order valence-electron chi connectivity index (χ0n) is 49.8. The number of hydrogen-bond donors (Lipinski definition) is 3. The predicted molar refractivity (Wildman–Crippen MR) is 323 cm³/mol. The number of aliphatic hydroxyl groups excluding tert-OH is 1. The van der Waals surface area contributed by atoms with Gasteiger partial charge in [-0.25, -0.2) is 4.57 Å². The van der Waals surface area contributed by atoms with Gasteiger partial charge in [-0.15, -0.1) is 0 Å². The lowest BCUT2D eigenvalue weighted by molar-refractivity contribution is -0.870. The standard InChI is InChI=1S/C65H125N2O6P/c1-6-8-10-12-14-16-18-20-22-24-26-28-29-30-31-32-33-34-35-36-37-39-40-42-44-46-48-50-52-54-56-58-64(68)63(62-73-74(70,71)72-61-60-67(3,4)5)66-65(69)59-57-55-53-51-49-47-45-43-41-38-27-25-23-21-19-17-15-13-11-9-7-2/h19,21,25,27,41,43,56,58,63-64,68H,6-18,20,22-24,26,28-40,42,44-55,57,59-62H2,1-5H3,(H-,66,69,70,71)/p+1/b21-19-,27-25-,43-41-,58-56+. The lowest BCUT2D eigenvalue weighted by atomic mass is 10.0. The zero-order chi connectivity index (χ0) is 54.2. The first-order valence-electron chi connectivity index (χ1n) is 32.0. The van der Waals surface area contributed by atoms with Gasteiger partial charge in [0.05, 0.1) is 39.9 Å². The molecule has 0 rings (SSSR count). The van der Waals surface area contributed by atoms with Crippen LogP contribution in [0.4, 0.5) is 0 Å². The van der Waals surface area contributed by atoms with Gasteiger partial charge in [-0.05, 0) is 57.8 Å². The Morgan fingerprint density at radius 1 is 0.459 bits per heavy atom. The molecule has 9 heteroatoms. The van der Waals surface area contributed by atoms with Crippen molar-refractivity contribution in [1.82, 2.24) is 5.32 Å². The number of phosphoric acid groups is 1. The van der Waals surface area contributed by atoms with Crippen molar-refractivity contribution in [2.75, 3.05) is 40.9 Å². The number of aliphatic hydroxyl groups is 1. The largest absolute Gasteiger partial charge is 0.472 e. The van der Waals surface area contributed by atoms with E-state index in [0.717, 1.165) is 64.2 Å². The average molecular weight is 1060 g/mol. The van der Waals surface area contributed by atoms with Gasteiger partial charge < -0.3 is 19.8 Å². The molecule has 0 spiro atoms. The molecule has 0 saturated carbocycles. The number of nitrogens with one attached hydrogen (secondary N) is 1. The summed E-state index contributed by atoms with van der Waals surface area (Å²) in [4.78, 5) is 23.3. The maximum absolute atomic E-state index is 13.0. The van der Waals surface area contributed by atoms with Gasteiger partial charge in [-0.1, -0.05) is 294 Å². The van der Waals surface area contributed by atoms with Crippen molar-refractivity contribution >= 4 is 13.7 Å². The fraction of sp³-hybridized carbons (Fsp3) is 0.862. The molecule has 0 aliphatic rings. The van der Waals surface area contributed by atoms with Crippen molar-refractivity contribution < 1.29 is 32.9 Å². The number of carbonyl (C=O) groups is 1. The van der Waals surface area contributed by atoms with Crippen LogP contribution in [-0.2, 0) is 18.4 Å². The lowest BCUT2D eigenvalue weighted by Gasteiger charge is -2.25. The van der Waals surface area contributed by atoms with Gasteiger partial charge in [0.1, 0.15) is 13.2 Å². The number of carbonyl (C=O) groups excluding carboxylic acids is 1. The van der Waals surface area contributed by atoms with Crippen LogP contribution in [0.25, 0.3) is 0 Å². The molecule has 1 amide bonds. The quantitative estimate of drug-likeness (QED) is 0.0243. The number of quaternary nitrogens is 1. The number of likely N-dealkylation sites (N-methyl/N-ethyl adjacent to an activating group) is 1. The molecule has 0 bridgehead atoms. The van der Waals surface area contributed by atoms with Crippen molar-refractivity contribution in [3.63, 3.8) is 0 Å². The van der Waals surface area contributed by atoms with Crippen LogP contribution in [0.1, 0.15) is 309 Å². The van der Waals surface area contributed by atoms with Crippen LogP contribution in [0.2, 0.25) is 0 Å². The molecule has 8 nitrogen and oxygen atoms in total. The van der Waals surface area contributed by atoms with Crippen molar-refractivity contribution in [3.8, 4) is 0 Å². The fourth-order valence-corrected chi connectivity index (χ4v) is 10.3. The van der Waals surface area contributed by atoms with E-state index in [1.165, 1.54) is 225 Å². The third-order valence-electron chi connectivity index (χ3n) is 14.5. The second-order valence-corrected chi connectivity index (χ2v) is 24.6. The van der Waals surface area contributed by atoms with E-state index in [4.69, 9.17) is 9.05 Å². The maximum Gasteiger partial charge on any atom is 0.472 e. The van der Waals surface area contributed by atoms with E-state index in [0.29, 0.717) is 17.4 Å². The van der Waals surface area contributed by atoms with Crippen LogP contribution >= 0.6 is 7.82 Å². The monoisotopic (exact) mass is 1060 g/mol. The Morgan fingerprint density at radius 3 is 1.12 bits per heavy atom. The number of amides is 1. The molecule has 3 unspecified atom stereocenters. The van der Waals surface area contributed by atoms with Crippen molar-refractivity contribution in [2.24, 2.45) is 0 Å². The van der Waals surface area contributed by atoms with Crippen molar-refractivity contribution in [2.45, 2.75) is 321 Å². The number of nitrogens with zero attached hydrogens (tertiary/aromatic N) is 1. The van der Waals surface area contributed by atoms with Crippen LogP contribution < -0.4 is 5.32 Å². The van der Waals surface area contributed by atoms with E-state index in [9.17, 15) is 19.4 Å². The minimum atomic E-state index is -4.36. The molecular formula is C65H126N2O6P+. The highest BCUT2D eigenvalue weighted by molar-refractivity contribution is 7.47. The van der Waals surface area contributed by atoms with Gasteiger partial charge in [-0.2, -0.15) is 0 Å². The highest BCUT2D eigenvalue weighted by Gasteiger charge is 2.27. The topological polar surface area (TPSA) is 105 Å². The predicted octanol–water partition coefficient (Wildman–Crippen LogP) is 19.9. The Morgan fingerprint density at radius 2 is 0.770 bits per heavy atom. The van der Waals surface area contributed by atoms with Crippen LogP contribution in [0, 0.1) is 0 Å². The second-order valence-electron chi connectivity index (χ2n) is 23.1. The third-order valence-corrected chi connectivity index (χ3v) is 15.5. The summed E-state index contributed by atoms with van der Waals surface area (Å²) in [6.45, 7) is 4.83. The molecular weight excluding hydrogens is 936 g/mol. The van der Waals surface area contributed by atoms with E-state index < -0.39 is 20.0 Å². The maximum atomic E-state index is 13.0. The molecule has 0 heterocycles. The molecule has 0 aromatic carbocycles. The van der Waals surface area contributed by atoms with Crippen LogP contribution in [0.5, 0.6) is 0 Å². The number of allylic oxidation sites excluding steroid dienone is 7. The van der Waals surface area contributed by atoms with Gasteiger partial charge >= 0.3 is 7.82 Å². The summed E-state index contributed by atoms with van der Waals surface area (Å²) in [6, 6.07) is -0.856. The highest BCUT2D eigenvalue weighted by Crippen LogP contribution is 2.43. The first-order chi connectivity index (χ1) is 36.0. The summed E-state index contributed by atoms with van der Waals surface area (Å²) < 4.78 is 23.8. The van der Waals surface area contributed by atoms with Gasteiger partial charge in [0, 0.05) is 6.42 Å². The Balaban J connectivity index is 4.13. The Bertz CT molecular complexity index is 1340. The first kappa shape index (κ1) is 72.5. The fourth-order valence-electron chi connectivity index (χ4n) is 9.52. The van der Waals surface area contributed by atoms with Crippen molar-refractivity contribution in [3.05, 3.63) is 48.6 Å². The molecule has 436 valence electrons.